The Morgan fingerprint density at radius 3 is 2.79 bits per heavy atom. The zero-order valence-electron chi connectivity index (χ0n) is 11.6. The van der Waals surface area contributed by atoms with E-state index in [1.807, 2.05) is 0 Å². The third-order valence-corrected chi connectivity index (χ3v) is 5.63. The van der Waals surface area contributed by atoms with E-state index in [4.69, 9.17) is 0 Å². The Balaban J connectivity index is 1.84. The number of nitrogens with zero attached hydrogens (tertiary/aromatic N) is 1. The van der Waals surface area contributed by atoms with E-state index in [2.05, 4.69) is 5.32 Å². The van der Waals surface area contributed by atoms with Crippen LogP contribution in [0.5, 0.6) is 0 Å². The van der Waals surface area contributed by atoms with Crippen molar-refractivity contribution in [2.24, 2.45) is 11.8 Å². The van der Waals surface area contributed by atoms with E-state index in [0.717, 1.165) is 38.8 Å². The fourth-order valence-corrected chi connectivity index (χ4v) is 4.16. The molecule has 0 aromatic carbocycles. The van der Waals surface area contributed by atoms with E-state index >= 15 is 0 Å². The van der Waals surface area contributed by atoms with Crippen LogP contribution in [0.3, 0.4) is 0 Å². The Kier molecular flexibility index (Phi) is 5.20. The summed E-state index contributed by atoms with van der Waals surface area (Å²) in [4.78, 5) is 0. The summed E-state index contributed by atoms with van der Waals surface area (Å²) in [5, 5.41) is 3.24. The summed E-state index contributed by atoms with van der Waals surface area (Å²) in [6, 6.07) is 0. The molecule has 4 nitrogen and oxygen atoms in total. The molecule has 1 N–H and O–H groups in total. The van der Waals surface area contributed by atoms with E-state index in [0.29, 0.717) is 19.5 Å². The first-order valence-corrected chi connectivity index (χ1v) is 9.11. The van der Waals surface area contributed by atoms with Crippen LogP contribution in [0.4, 0.5) is 4.39 Å². The SMILES string of the molecule is CS(=O)(=O)N1CCCC(CC(F)C2CCCNC2)C1. The molecule has 3 unspecified atom stereocenters. The normalized spacial score (nSPS) is 32.1. The van der Waals surface area contributed by atoms with E-state index in [9.17, 15) is 12.8 Å². The molecular formula is C13H25FN2O2S. The van der Waals surface area contributed by atoms with Crippen molar-refractivity contribution in [3.63, 3.8) is 0 Å². The van der Waals surface area contributed by atoms with Gasteiger partial charge < -0.3 is 5.32 Å². The molecule has 2 fully saturated rings. The number of alkyl halides is 1. The Bertz CT molecular complexity index is 382. The molecule has 2 aliphatic heterocycles. The summed E-state index contributed by atoms with van der Waals surface area (Å²) < 4.78 is 38.9. The van der Waals surface area contributed by atoms with E-state index in [-0.39, 0.29) is 11.8 Å². The van der Waals surface area contributed by atoms with Crippen LogP contribution in [0.1, 0.15) is 32.1 Å². The van der Waals surface area contributed by atoms with Crippen molar-refractivity contribution >= 4 is 10.0 Å². The average Bonchev–Trinajstić information content (AvgIpc) is 2.39. The molecule has 6 heteroatoms. The van der Waals surface area contributed by atoms with Gasteiger partial charge in [-0.15, -0.1) is 0 Å². The van der Waals surface area contributed by atoms with Gasteiger partial charge in [0.15, 0.2) is 0 Å². The molecular weight excluding hydrogens is 267 g/mol. The van der Waals surface area contributed by atoms with Gasteiger partial charge in [-0.3, -0.25) is 0 Å². The van der Waals surface area contributed by atoms with Crippen LogP contribution in [0.15, 0.2) is 0 Å². The van der Waals surface area contributed by atoms with Crippen LogP contribution in [0.25, 0.3) is 0 Å². The first-order chi connectivity index (χ1) is 8.97. The van der Waals surface area contributed by atoms with Crippen molar-refractivity contribution in [3.8, 4) is 0 Å². The quantitative estimate of drug-likeness (QED) is 0.852. The fraction of sp³-hybridized carbons (Fsp3) is 1.00. The number of hydrogen-bond acceptors (Lipinski definition) is 3. The van der Waals surface area contributed by atoms with Gasteiger partial charge >= 0.3 is 0 Å². The van der Waals surface area contributed by atoms with Crippen LogP contribution < -0.4 is 5.32 Å². The Hall–Kier alpha value is -0.200. The van der Waals surface area contributed by atoms with E-state index in [1.165, 1.54) is 10.6 Å². The number of halogens is 1. The maximum atomic E-state index is 14.3. The largest absolute Gasteiger partial charge is 0.316 e. The van der Waals surface area contributed by atoms with Crippen molar-refractivity contribution in [1.82, 2.24) is 9.62 Å². The van der Waals surface area contributed by atoms with Gasteiger partial charge in [0.25, 0.3) is 0 Å². The summed E-state index contributed by atoms with van der Waals surface area (Å²) in [5.74, 6) is 0.294. The molecule has 2 saturated heterocycles. The highest BCUT2D eigenvalue weighted by molar-refractivity contribution is 7.88. The summed E-state index contributed by atoms with van der Waals surface area (Å²) >= 11 is 0. The Morgan fingerprint density at radius 1 is 1.37 bits per heavy atom. The summed E-state index contributed by atoms with van der Waals surface area (Å²) in [6.45, 7) is 2.86. The topological polar surface area (TPSA) is 49.4 Å². The minimum Gasteiger partial charge on any atom is -0.316 e. The molecule has 3 atom stereocenters. The highest BCUT2D eigenvalue weighted by Crippen LogP contribution is 2.28. The van der Waals surface area contributed by atoms with Crippen molar-refractivity contribution < 1.29 is 12.8 Å². The molecule has 2 heterocycles. The predicted molar refractivity (Wildman–Crippen MR) is 74.2 cm³/mol. The zero-order valence-corrected chi connectivity index (χ0v) is 12.5. The van der Waals surface area contributed by atoms with Crippen LogP contribution in [-0.4, -0.2) is 51.3 Å². The Labute approximate surface area is 115 Å². The molecule has 0 spiro atoms. The van der Waals surface area contributed by atoms with Gasteiger partial charge in [0, 0.05) is 25.6 Å². The molecule has 112 valence electrons. The smallest absolute Gasteiger partial charge is 0.211 e. The van der Waals surface area contributed by atoms with Gasteiger partial charge in [0.05, 0.1) is 6.26 Å². The van der Waals surface area contributed by atoms with Gasteiger partial charge in [-0.25, -0.2) is 17.1 Å². The van der Waals surface area contributed by atoms with Crippen molar-refractivity contribution in [3.05, 3.63) is 0 Å². The summed E-state index contributed by atoms with van der Waals surface area (Å²) in [5.41, 5.74) is 0. The van der Waals surface area contributed by atoms with Crippen molar-refractivity contribution in [2.75, 3.05) is 32.4 Å². The van der Waals surface area contributed by atoms with Gasteiger partial charge in [-0.2, -0.15) is 0 Å². The third-order valence-electron chi connectivity index (χ3n) is 4.36. The van der Waals surface area contributed by atoms with Gasteiger partial charge in [-0.05, 0) is 44.6 Å². The van der Waals surface area contributed by atoms with E-state index in [1.54, 1.807) is 0 Å². The second-order valence-corrected chi connectivity index (χ2v) is 7.97. The molecule has 0 radical (unpaired) electrons. The number of rotatable bonds is 4. The highest BCUT2D eigenvalue weighted by atomic mass is 32.2. The molecule has 19 heavy (non-hydrogen) atoms. The maximum absolute atomic E-state index is 14.3. The molecule has 0 aromatic rings. The van der Waals surface area contributed by atoms with Crippen LogP contribution >= 0.6 is 0 Å². The van der Waals surface area contributed by atoms with E-state index < -0.39 is 16.2 Å². The van der Waals surface area contributed by atoms with Crippen molar-refractivity contribution in [2.45, 2.75) is 38.3 Å². The number of sulfonamides is 1. The predicted octanol–water partition coefficient (Wildman–Crippen LogP) is 1.39. The van der Waals surface area contributed by atoms with Gasteiger partial charge in [0.1, 0.15) is 6.17 Å². The zero-order chi connectivity index (χ0) is 13.9. The van der Waals surface area contributed by atoms with Crippen LogP contribution in [0, 0.1) is 11.8 Å². The third kappa shape index (κ3) is 4.39. The van der Waals surface area contributed by atoms with Crippen molar-refractivity contribution in [1.29, 1.82) is 0 Å². The standard InChI is InChI=1S/C13H25FN2O2S/c1-19(17,18)16-7-3-4-11(10-16)8-13(14)12-5-2-6-15-9-12/h11-13,15H,2-10H2,1H3. The lowest BCUT2D eigenvalue weighted by Crippen LogP contribution is -2.41. The van der Waals surface area contributed by atoms with Crippen LogP contribution in [-0.2, 0) is 10.0 Å². The van der Waals surface area contributed by atoms with Gasteiger partial charge in [0.2, 0.25) is 10.0 Å². The lowest BCUT2D eigenvalue weighted by atomic mass is 9.86. The average molecular weight is 292 g/mol. The minimum atomic E-state index is -3.12. The molecule has 0 bridgehead atoms. The second-order valence-electron chi connectivity index (χ2n) is 5.99. The lowest BCUT2D eigenvalue weighted by Gasteiger charge is -2.33. The van der Waals surface area contributed by atoms with Crippen LogP contribution in [0.2, 0.25) is 0 Å². The highest BCUT2D eigenvalue weighted by Gasteiger charge is 2.30. The number of nitrogens with one attached hydrogen (secondary N) is 1. The lowest BCUT2D eigenvalue weighted by molar-refractivity contribution is 0.136. The monoisotopic (exact) mass is 292 g/mol. The maximum Gasteiger partial charge on any atom is 0.211 e. The molecule has 0 saturated carbocycles. The number of hydrogen-bond donors (Lipinski definition) is 1. The minimum absolute atomic E-state index is 0.113. The molecule has 2 aliphatic rings. The summed E-state index contributed by atoms with van der Waals surface area (Å²) in [6.07, 6.45) is 4.77. The number of piperidine rings is 2. The first-order valence-electron chi connectivity index (χ1n) is 7.26. The molecule has 0 aliphatic carbocycles. The molecule has 2 rings (SSSR count). The molecule has 0 aromatic heterocycles. The van der Waals surface area contributed by atoms with Gasteiger partial charge in [-0.1, -0.05) is 0 Å². The molecule has 0 amide bonds. The first kappa shape index (κ1) is 15.2. The fourth-order valence-electron chi connectivity index (χ4n) is 3.22. The summed E-state index contributed by atoms with van der Waals surface area (Å²) in [7, 11) is -3.12. The second kappa shape index (κ2) is 6.50. The Morgan fingerprint density at radius 2 is 2.16 bits per heavy atom.